The van der Waals surface area contributed by atoms with Crippen LogP contribution in [0.5, 0.6) is 5.75 Å². The molecular formula is C18H15F4NO4. The summed E-state index contributed by atoms with van der Waals surface area (Å²) in [6.45, 7) is -0.0778. The molecule has 0 atom stereocenters. The first-order valence-corrected chi connectivity index (χ1v) is 7.57. The lowest BCUT2D eigenvalue weighted by Crippen LogP contribution is -2.23. The highest BCUT2D eigenvalue weighted by Crippen LogP contribution is 2.31. The van der Waals surface area contributed by atoms with E-state index in [1.165, 1.54) is 26.4 Å². The molecule has 0 aromatic heterocycles. The van der Waals surface area contributed by atoms with Gasteiger partial charge >= 0.3 is 12.1 Å². The second kappa shape index (κ2) is 8.07. The SMILES string of the molecule is COC(=O)c1cc(CNC(=O)c2ccc(F)c(C(F)(F)F)c2)ccc1OC. The number of ether oxygens (including phenoxy) is 2. The van der Waals surface area contributed by atoms with E-state index in [0.29, 0.717) is 17.7 Å². The average Bonchev–Trinajstić information content (AvgIpc) is 2.64. The van der Waals surface area contributed by atoms with E-state index in [9.17, 15) is 27.2 Å². The normalized spacial score (nSPS) is 11.0. The summed E-state index contributed by atoms with van der Waals surface area (Å²) < 4.78 is 61.2. The maximum Gasteiger partial charge on any atom is 0.419 e. The van der Waals surface area contributed by atoms with Crippen molar-refractivity contribution in [2.75, 3.05) is 14.2 Å². The van der Waals surface area contributed by atoms with E-state index in [4.69, 9.17) is 4.74 Å². The van der Waals surface area contributed by atoms with Gasteiger partial charge in [0, 0.05) is 12.1 Å². The quantitative estimate of drug-likeness (QED) is 0.631. The Labute approximate surface area is 151 Å². The molecule has 2 rings (SSSR count). The number of halogens is 4. The van der Waals surface area contributed by atoms with Gasteiger partial charge in [-0.1, -0.05) is 6.07 Å². The molecule has 0 heterocycles. The van der Waals surface area contributed by atoms with Gasteiger partial charge in [0.25, 0.3) is 5.91 Å². The fraction of sp³-hybridized carbons (Fsp3) is 0.222. The summed E-state index contributed by atoms with van der Waals surface area (Å²) >= 11 is 0. The molecule has 2 aromatic carbocycles. The van der Waals surface area contributed by atoms with E-state index in [-0.39, 0.29) is 23.4 Å². The maximum absolute atomic E-state index is 13.3. The molecule has 0 saturated heterocycles. The summed E-state index contributed by atoms with van der Waals surface area (Å²) in [5, 5.41) is 2.41. The molecule has 0 saturated carbocycles. The molecule has 0 aliphatic carbocycles. The molecule has 27 heavy (non-hydrogen) atoms. The molecule has 144 valence electrons. The van der Waals surface area contributed by atoms with Crippen LogP contribution in [0.2, 0.25) is 0 Å². The van der Waals surface area contributed by atoms with Gasteiger partial charge in [0.05, 0.1) is 19.8 Å². The van der Waals surface area contributed by atoms with Crippen molar-refractivity contribution in [3.8, 4) is 5.75 Å². The topological polar surface area (TPSA) is 64.6 Å². The van der Waals surface area contributed by atoms with Crippen LogP contribution in [0.3, 0.4) is 0 Å². The number of rotatable bonds is 5. The Balaban J connectivity index is 2.18. The Morgan fingerprint density at radius 3 is 2.37 bits per heavy atom. The van der Waals surface area contributed by atoms with E-state index < -0.39 is 29.4 Å². The van der Waals surface area contributed by atoms with Crippen molar-refractivity contribution in [3.63, 3.8) is 0 Å². The zero-order valence-corrected chi connectivity index (χ0v) is 14.3. The lowest BCUT2D eigenvalue weighted by atomic mass is 10.1. The summed E-state index contributed by atoms with van der Waals surface area (Å²) in [6, 6.07) is 6.47. The molecule has 0 spiro atoms. The number of methoxy groups -OCH3 is 2. The van der Waals surface area contributed by atoms with Crippen molar-refractivity contribution >= 4 is 11.9 Å². The van der Waals surface area contributed by atoms with Gasteiger partial charge in [-0.05, 0) is 35.9 Å². The highest BCUT2D eigenvalue weighted by molar-refractivity contribution is 5.94. The number of esters is 1. The van der Waals surface area contributed by atoms with Crippen molar-refractivity contribution in [2.45, 2.75) is 12.7 Å². The summed E-state index contributed by atoms with van der Waals surface area (Å²) in [5.74, 6) is -2.66. The third-order valence-corrected chi connectivity index (χ3v) is 3.66. The van der Waals surface area contributed by atoms with Crippen LogP contribution in [0.1, 0.15) is 31.8 Å². The van der Waals surface area contributed by atoms with Crippen molar-refractivity contribution in [3.05, 3.63) is 64.5 Å². The number of carbonyl (C=O) groups excluding carboxylic acids is 2. The smallest absolute Gasteiger partial charge is 0.419 e. The number of benzene rings is 2. The number of amides is 1. The van der Waals surface area contributed by atoms with Crippen LogP contribution in [-0.4, -0.2) is 26.1 Å². The van der Waals surface area contributed by atoms with E-state index >= 15 is 0 Å². The fourth-order valence-corrected chi connectivity index (χ4v) is 2.30. The average molecular weight is 385 g/mol. The Morgan fingerprint density at radius 2 is 1.78 bits per heavy atom. The van der Waals surface area contributed by atoms with Gasteiger partial charge in [-0.25, -0.2) is 9.18 Å². The zero-order valence-electron chi connectivity index (χ0n) is 14.3. The Bertz CT molecular complexity index is 865. The van der Waals surface area contributed by atoms with Crippen molar-refractivity contribution in [2.24, 2.45) is 0 Å². The number of nitrogens with one attached hydrogen (secondary N) is 1. The lowest BCUT2D eigenvalue weighted by molar-refractivity contribution is -0.140. The highest BCUT2D eigenvalue weighted by Gasteiger charge is 2.34. The van der Waals surface area contributed by atoms with Gasteiger partial charge in [-0.2, -0.15) is 13.2 Å². The standard InChI is InChI=1S/C18H15F4NO4/c1-26-15-6-3-10(7-12(15)17(25)27-2)9-23-16(24)11-4-5-14(19)13(8-11)18(20,21)22/h3-8H,9H2,1-2H3,(H,23,24). The molecule has 0 aliphatic heterocycles. The molecule has 2 aromatic rings. The minimum atomic E-state index is -4.91. The fourth-order valence-electron chi connectivity index (χ4n) is 2.30. The molecule has 9 heteroatoms. The van der Waals surface area contributed by atoms with E-state index in [2.05, 4.69) is 10.1 Å². The Kier molecular flexibility index (Phi) is 6.04. The molecule has 0 radical (unpaired) electrons. The van der Waals surface area contributed by atoms with Crippen LogP contribution in [-0.2, 0) is 17.5 Å². The minimum absolute atomic E-state index is 0.0778. The summed E-state index contributed by atoms with van der Waals surface area (Å²) in [4.78, 5) is 23.8. The Hall–Kier alpha value is -3.10. The van der Waals surface area contributed by atoms with Gasteiger partial charge in [0.15, 0.2) is 0 Å². The van der Waals surface area contributed by atoms with Crippen molar-refractivity contribution < 1.29 is 36.6 Å². The maximum atomic E-state index is 13.3. The number of alkyl halides is 3. The van der Waals surface area contributed by atoms with Crippen LogP contribution in [0, 0.1) is 5.82 Å². The lowest BCUT2D eigenvalue weighted by Gasteiger charge is -2.12. The second-order valence-corrected chi connectivity index (χ2v) is 5.40. The first-order chi connectivity index (χ1) is 12.7. The number of carbonyl (C=O) groups is 2. The van der Waals surface area contributed by atoms with Gasteiger partial charge in [-0.3, -0.25) is 4.79 Å². The van der Waals surface area contributed by atoms with E-state index in [1.807, 2.05) is 0 Å². The second-order valence-electron chi connectivity index (χ2n) is 5.40. The number of hydrogen-bond donors (Lipinski definition) is 1. The summed E-state index contributed by atoms with van der Waals surface area (Å²) in [7, 11) is 2.57. The van der Waals surface area contributed by atoms with Crippen LogP contribution >= 0.6 is 0 Å². The summed E-state index contributed by atoms with van der Waals surface area (Å²) in [6.07, 6.45) is -4.91. The number of hydrogen-bond acceptors (Lipinski definition) is 4. The van der Waals surface area contributed by atoms with Crippen LogP contribution in [0.15, 0.2) is 36.4 Å². The van der Waals surface area contributed by atoms with Crippen molar-refractivity contribution in [1.82, 2.24) is 5.32 Å². The highest BCUT2D eigenvalue weighted by atomic mass is 19.4. The Morgan fingerprint density at radius 1 is 1.07 bits per heavy atom. The first-order valence-electron chi connectivity index (χ1n) is 7.57. The molecule has 0 fully saturated rings. The first kappa shape index (κ1) is 20.2. The van der Waals surface area contributed by atoms with Gasteiger partial charge < -0.3 is 14.8 Å². The minimum Gasteiger partial charge on any atom is -0.496 e. The predicted octanol–water partition coefficient (Wildman–Crippen LogP) is 3.57. The third kappa shape index (κ3) is 4.75. The van der Waals surface area contributed by atoms with E-state index in [0.717, 1.165) is 6.07 Å². The molecule has 0 aliphatic rings. The van der Waals surface area contributed by atoms with Gasteiger partial charge in [0.2, 0.25) is 0 Å². The molecule has 0 unspecified atom stereocenters. The van der Waals surface area contributed by atoms with Gasteiger partial charge in [0.1, 0.15) is 17.1 Å². The largest absolute Gasteiger partial charge is 0.496 e. The molecular weight excluding hydrogens is 370 g/mol. The molecule has 1 N–H and O–H groups in total. The molecule has 0 bridgehead atoms. The van der Waals surface area contributed by atoms with Crippen LogP contribution in [0.4, 0.5) is 17.6 Å². The third-order valence-electron chi connectivity index (χ3n) is 3.66. The molecule has 5 nitrogen and oxygen atoms in total. The van der Waals surface area contributed by atoms with E-state index in [1.54, 1.807) is 6.07 Å². The zero-order chi connectivity index (χ0) is 20.2. The summed E-state index contributed by atoms with van der Waals surface area (Å²) in [5.41, 5.74) is -1.24. The molecule has 1 amide bonds. The van der Waals surface area contributed by atoms with Crippen LogP contribution in [0.25, 0.3) is 0 Å². The predicted molar refractivity (Wildman–Crippen MR) is 86.9 cm³/mol. The monoisotopic (exact) mass is 385 g/mol. The van der Waals surface area contributed by atoms with Crippen LogP contribution < -0.4 is 10.1 Å². The van der Waals surface area contributed by atoms with Gasteiger partial charge in [-0.15, -0.1) is 0 Å². The van der Waals surface area contributed by atoms with Crippen molar-refractivity contribution in [1.29, 1.82) is 0 Å².